The Labute approximate surface area is 128 Å². The Hall–Kier alpha value is -2.07. The highest BCUT2D eigenvalue weighted by Gasteiger charge is 2.12. The molecule has 0 spiro atoms. The summed E-state index contributed by atoms with van der Waals surface area (Å²) in [5.41, 5.74) is 3.85. The second-order valence-electron chi connectivity index (χ2n) is 4.97. The maximum Gasteiger partial charge on any atom is 0.269 e. The van der Waals surface area contributed by atoms with Crippen LogP contribution in [0.2, 0.25) is 5.02 Å². The van der Waals surface area contributed by atoms with E-state index in [4.69, 9.17) is 16.3 Å². The normalized spacial score (nSPS) is 10.5. The average molecular weight is 306 g/mol. The van der Waals surface area contributed by atoms with Crippen LogP contribution >= 0.6 is 11.6 Å². The first-order chi connectivity index (χ1) is 9.90. The van der Waals surface area contributed by atoms with Crippen LogP contribution in [-0.4, -0.2) is 4.92 Å². The first-order valence-electron chi connectivity index (χ1n) is 6.52. The van der Waals surface area contributed by atoms with E-state index in [0.717, 1.165) is 22.4 Å². The summed E-state index contributed by atoms with van der Waals surface area (Å²) in [7, 11) is 0. The number of nitrogens with zero attached hydrogens (tertiary/aromatic N) is 1. The molecule has 0 aliphatic heterocycles. The standard InChI is InChI=1S/C16H16ClNO3/c1-10-4-5-11(2)16(12(10)3)21-9-13-8-14(18(19)20)6-7-15(13)17/h4-8H,9H2,1-3H3. The number of rotatable bonds is 4. The highest BCUT2D eigenvalue weighted by atomic mass is 35.5. The van der Waals surface area contributed by atoms with Crippen molar-refractivity contribution in [2.75, 3.05) is 0 Å². The summed E-state index contributed by atoms with van der Waals surface area (Å²) >= 11 is 6.08. The van der Waals surface area contributed by atoms with Gasteiger partial charge >= 0.3 is 0 Å². The van der Waals surface area contributed by atoms with E-state index >= 15 is 0 Å². The van der Waals surface area contributed by atoms with Crippen LogP contribution < -0.4 is 4.74 Å². The number of nitro benzene ring substituents is 1. The third-order valence-corrected chi connectivity index (χ3v) is 3.85. The molecule has 0 radical (unpaired) electrons. The molecule has 110 valence electrons. The molecule has 21 heavy (non-hydrogen) atoms. The molecule has 0 saturated carbocycles. The summed E-state index contributed by atoms with van der Waals surface area (Å²) in [6.45, 7) is 6.18. The second kappa shape index (κ2) is 6.14. The Morgan fingerprint density at radius 3 is 2.48 bits per heavy atom. The van der Waals surface area contributed by atoms with Crippen molar-refractivity contribution in [2.45, 2.75) is 27.4 Å². The van der Waals surface area contributed by atoms with Gasteiger partial charge in [-0.15, -0.1) is 0 Å². The summed E-state index contributed by atoms with van der Waals surface area (Å²) in [5.74, 6) is 0.803. The van der Waals surface area contributed by atoms with Crippen molar-refractivity contribution in [3.8, 4) is 5.75 Å². The van der Waals surface area contributed by atoms with E-state index in [1.807, 2.05) is 32.9 Å². The fourth-order valence-electron chi connectivity index (χ4n) is 2.08. The molecule has 0 fully saturated rings. The molecule has 0 aliphatic carbocycles. The number of ether oxygens (including phenoxy) is 1. The summed E-state index contributed by atoms with van der Waals surface area (Å²) in [6.07, 6.45) is 0. The SMILES string of the molecule is Cc1ccc(C)c(OCc2cc([N+](=O)[O-])ccc2Cl)c1C. The van der Waals surface area contributed by atoms with E-state index in [9.17, 15) is 10.1 Å². The van der Waals surface area contributed by atoms with Crippen molar-refractivity contribution >= 4 is 17.3 Å². The quantitative estimate of drug-likeness (QED) is 0.605. The first kappa shape index (κ1) is 15.3. The summed E-state index contributed by atoms with van der Waals surface area (Å²) in [6, 6.07) is 8.39. The van der Waals surface area contributed by atoms with Crippen molar-refractivity contribution in [2.24, 2.45) is 0 Å². The van der Waals surface area contributed by atoms with Gasteiger partial charge in [-0.05, 0) is 43.5 Å². The first-order valence-corrected chi connectivity index (χ1v) is 6.90. The van der Waals surface area contributed by atoms with Crippen LogP contribution in [0.5, 0.6) is 5.75 Å². The lowest BCUT2D eigenvalue weighted by atomic mass is 10.1. The lowest BCUT2D eigenvalue weighted by Crippen LogP contribution is -2.01. The summed E-state index contributed by atoms with van der Waals surface area (Å²) in [4.78, 5) is 10.4. The molecule has 0 aliphatic rings. The summed E-state index contributed by atoms with van der Waals surface area (Å²) in [5, 5.41) is 11.3. The number of non-ortho nitro benzene ring substituents is 1. The van der Waals surface area contributed by atoms with Crippen LogP contribution in [0.15, 0.2) is 30.3 Å². The molecule has 0 atom stereocenters. The fourth-order valence-corrected chi connectivity index (χ4v) is 2.25. The van der Waals surface area contributed by atoms with Gasteiger partial charge in [0.2, 0.25) is 0 Å². The summed E-state index contributed by atoms with van der Waals surface area (Å²) < 4.78 is 5.84. The van der Waals surface area contributed by atoms with E-state index in [-0.39, 0.29) is 12.3 Å². The topological polar surface area (TPSA) is 52.4 Å². The Balaban J connectivity index is 2.26. The number of hydrogen-bond acceptors (Lipinski definition) is 3. The van der Waals surface area contributed by atoms with Crippen LogP contribution in [0.3, 0.4) is 0 Å². The molecule has 0 N–H and O–H groups in total. The molecule has 0 saturated heterocycles. The van der Waals surface area contributed by atoms with Crippen molar-refractivity contribution in [3.63, 3.8) is 0 Å². The molecule has 2 aromatic carbocycles. The molecule has 2 aromatic rings. The maximum absolute atomic E-state index is 10.8. The van der Waals surface area contributed by atoms with Crippen LogP contribution in [-0.2, 0) is 6.61 Å². The number of hydrogen-bond donors (Lipinski definition) is 0. The van der Waals surface area contributed by atoms with E-state index in [1.54, 1.807) is 0 Å². The maximum atomic E-state index is 10.8. The zero-order valence-electron chi connectivity index (χ0n) is 12.1. The minimum absolute atomic E-state index is 0.00989. The number of benzene rings is 2. The van der Waals surface area contributed by atoms with Gasteiger partial charge in [0, 0.05) is 22.7 Å². The highest BCUT2D eigenvalue weighted by molar-refractivity contribution is 6.31. The number of aryl methyl sites for hydroxylation is 2. The lowest BCUT2D eigenvalue weighted by molar-refractivity contribution is -0.384. The Bertz CT molecular complexity index is 698. The second-order valence-corrected chi connectivity index (χ2v) is 5.38. The van der Waals surface area contributed by atoms with Gasteiger partial charge in [-0.1, -0.05) is 23.7 Å². The van der Waals surface area contributed by atoms with Gasteiger partial charge in [-0.25, -0.2) is 0 Å². The van der Waals surface area contributed by atoms with Crippen molar-refractivity contribution in [1.82, 2.24) is 0 Å². The molecular weight excluding hydrogens is 290 g/mol. The third kappa shape index (κ3) is 3.34. The highest BCUT2D eigenvalue weighted by Crippen LogP contribution is 2.28. The molecule has 4 nitrogen and oxygen atoms in total. The van der Waals surface area contributed by atoms with Crippen LogP contribution in [0.4, 0.5) is 5.69 Å². The molecule has 5 heteroatoms. The monoisotopic (exact) mass is 305 g/mol. The molecule has 0 amide bonds. The fraction of sp³-hybridized carbons (Fsp3) is 0.250. The van der Waals surface area contributed by atoms with Crippen LogP contribution in [0.1, 0.15) is 22.3 Å². The number of halogens is 1. The Morgan fingerprint density at radius 2 is 1.81 bits per heavy atom. The Kier molecular flexibility index (Phi) is 4.48. The van der Waals surface area contributed by atoms with Crippen LogP contribution in [0.25, 0.3) is 0 Å². The van der Waals surface area contributed by atoms with Gasteiger partial charge in [0.1, 0.15) is 12.4 Å². The van der Waals surface area contributed by atoms with E-state index in [0.29, 0.717) is 10.6 Å². The minimum atomic E-state index is -0.441. The van der Waals surface area contributed by atoms with Gasteiger partial charge in [0.15, 0.2) is 0 Å². The molecular formula is C16H16ClNO3. The largest absolute Gasteiger partial charge is 0.488 e. The molecule has 0 heterocycles. The van der Waals surface area contributed by atoms with Crippen molar-refractivity contribution < 1.29 is 9.66 Å². The van der Waals surface area contributed by atoms with Gasteiger partial charge in [-0.2, -0.15) is 0 Å². The van der Waals surface area contributed by atoms with Gasteiger partial charge in [0.25, 0.3) is 5.69 Å². The van der Waals surface area contributed by atoms with Gasteiger partial charge in [0.05, 0.1) is 4.92 Å². The zero-order chi connectivity index (χ0) is 15.6. The lowest BCUT2D eigenvalue weighted by Gasteiger charge is -2.14. The van der Waals surface area contributed by atoms with Gasteiger partial charge in [-0.3, -0.25) is 10.1 Å². The molecule has 0 bridgehead atoms. The van der Waals surface area contributed by atoms with Gasteiger partial charge < -0.3 is 4.74 Å². The predicted molar refractivity (Wildman–Crippen MR) is 83.1 cm³/mol. The third-order valence-electron chi connectivity index (χ3n) is 3.49. The molecule has 0 aromatic heterocycles. The van der Waals surface area contributed by atoms with E-state index < -0.39 is 4.92 Å². The number of nitro groups is 1. The zero-order valence-corrected chi connectivity index (χ0v) is 12.9. The van der Waals surface area contributed by atoms with E-state index in [2.05, 4.69) is 0 Å². The molecule has 2 rings (SSSR count). The Morgan fingerprint density at radius 1 is 1.14 bits per heavy atom. The minimum Gasteiger partial charge on any atom is -0.488 e. The van der Waals surface area contributed by atoms with Crippen molar-refractivity contribution in [3.05, 3.63) is 67.7 Å². The van der Waals surface area contributed by atoms with Crippen LogP contribution in [0, 0.1) is 30.9 Å². The smallest absolute Gasteiger partial charge is 0.269 e. The van der Waals surface area contributed by atoms with E-state index in [1.165, 1.54) is 18.2 Å². The molecule has 0 unspecified atom stereocenters. The average Bonchev–Trinajstić information content (AvgIpc) is 2.44. The predicted octanol–water partition coefficient (Wildman–Crippen LogP) is 4.75. The van der Waals surface area contributed by atoms with Crippen molar-refractivity contribution in [1.29, 1.82) is 0 Å².